The first-order chi connectivity index (χ1) is 14.6. The number of hydrogen-bond donors (Lipinski definition) is 3. The normalized spacial score (nSPS) is 11.5. The van der Waals surface area contributed by atoms with Crippen LogP contribution in [0.25, 0.3) is 0 Å². The lowest BCUT2D eigenvalue weighted by molar-refractivity contribution is -0.134. The highest BCUT2D eigenvalue weighted by atomic mass is 127. The average molecular weight is 580 g/mol. The maximum atomic E-state index is 9.55. The Morgan fingerprint density at radius 2 is 1.71 bits per heavy atom. The smallest absolute Gasteiger partial charge is 0.328 e. The van der Waals surface area contributed by atoms with E-state index >= 15 is 0 Å². The summed E-state index contributed by atoms with van der Waals surface area (Å²) in [6.07, 6.45) is 2.88. The highest BCUT2D eigenvalue weighted by Crippen LogP contribution is 2.24. The summed E-state index contributed by atoms with van der Waals surface area (Å²) in [6, 6.07) is 12.2. The second-order valence-electron chi connectivity index (χ2n) is 6.48. The number of hydrogen-bond acceptors (Lipinski definition) is 4. The Hall–Kier alpha value is -1.81. The van der Waals surface area contributed by atoms with Gasteiger partial charge in [-0.25, -0.2) is 9.59 Å². The molecule has 0 saturated carbocycles. The van der Waals surface area contributed by atoms with Gasteiger partial charge in [0, 0.05) is 31.8 Å². The van der Waals surface area contributed by atoms with Crippen molar-refractivity contribution in [3.8, 4) is 5.75 Å². The number of ether oxygens (including phenoxy) is 1. The van der Waals surface area contributed by atoms with Crippen molar-refractivity contribution in [1.29, 1.82) is 0 Å². The van der Waals surface area contributed by atoms with Crippen LogP contribution in [-0.4, -0.2) is 41.8 Å². The molecule has 0 saturated heterocycles. The van der Waals surface area contributed by atoms with E-state index < -0.39 is 11.9 Å². The summed E-state index contributed by atoms with van der Waals surface area (Å²) in [5, 5.41) is 20.6. The van der Waals surface area contributed by atoms with Crippen molar-refractivity contribution in [1.82, 2.24) is 5.32 Å². The fraction of sp³-hybridized carbons (Fsp3) is 0.273. The molecule has 0 bridgehead atoms. The van der Waals surface area contributed by atoms with Gasteiger partial charge in [0.2, 0.25) is 0 Å². The van der Waals surface area contributed by atoms with E-state index in [0.29, 0.717) is 18.2 Å². The van der Waals surface area contributed by atoms with Crippen molar-refractivity contribution in [3.05, 3.63) is 73.3 Å². The topological polar surface area (TPSA) is 95.9 Å². The molecule has 0 spiro atoms. The zero-order chi connectivity index (χ0) is 23.4. The predicted molar refractivity (Wildman–Crippen MR) is 131 cm³/mol. The number of carbonyl (C=O) groups is 2. The van der Waals surface area contributed by atoms with Crippen LogP contribution in [0.4, 0.5) is 0 Å². The number of nitrogens with one attached hydrogen (secondary N) is 1. The molecule has 6 nitrogen and oxygen atoms in total. The van der Waals surface area contributed by atoms with Gasteiger partial charge in [-0.15, -0.1) is 0 Å². The van der Waals surface area contributed by atoms with Gasteiger partial charge in [-0.1, -0.05) is 29.3 Å². The number of rotatable bonds is 9. The number of benzene rings is 2. The zero-order valence-corrected chi connectivity index (χ0v) is 20.7. The molecule has 0 aromatic heterocycles. The van der Waals surface area contributed by atoms with E-state index in [1.165, 1.54) is 9.13 Å². The second-order valence-corrected chi connectivity index (χ2v) is 8.45. The monoisotopic (exact) mass is 579 g/mol. The summed E-state index contributed by atoms with van der Waals surface area (Å²) in [5.74, 6) is -1.62. The average Bonchev–Trinajstić information content (AvgIpc) is 2.71. The first-order valence-electron chi connectivity index (χ1n) is 9.26. The number of halogens is 3. The highest BCUT2D eigenvalue weighted by molar-refractivity contribution is 14.1. The molecule has 2 rings (SSSR count). The molecule has 0 amide bonds. The minimum Gasteiger partial charge on any atom is -0.497 e. The summed E-state index contributed by atoms with van der Waals surface area (Å²) >= 11 is 14.8. The molecule has 0 fully saturated rings. The summed E-state index contributed by atoms with van der Waals surface area (Å²) in [4.78, 5) is 19.1. The first kappa shape index (κ1) is 27.2. The molecule has 0 radical (unpaired) electrons. The van der Waals surface area contributed by atoms with Crippen molar-refractivity contribution in [2.75, 3.05) is 13.7 Å². The van der Waals surface area contributed by atoms with Crippen LogP contribution in [0.1, 0.15) is 18.1 Å². The fourth-order valence-electron chi connectivity index (χ4n) is 2.59. The Bertz CT molecular complexity index is 885. The van der Waals surface area contributed by atoms with E-state index in [0.717, 1.165) is 40.7 Å². The molecular formula is C22H24Cl2INO5. The van der Waals surface area contributed by atoms with Gasteiger partial charge < -0.3 is 20.3 Å². The summed E-state index contributed by atoms with van der Waals surface area (Å²) in [6.45, 7) is 3.02. The van der Waals surface area contributed by atoms with Crippen LogP contribution in [0.5, 0.6) is 5.75 Å². The summed E-state index contributed by atoms with van der Waals surface area (Å²) in [5.41, 5.74) is 2.30. The Morgan fingerprint density at radius 1 is 1.13 bits per heavy atom. The van der Waals surface area contributed by atoms with E-state index in [1.807, 2.05) is 24.3 Å². The van der Waals surface area contributed by atoms with Crippen LogP contribution in [0.2, 0.25) is 10.0 Å². The van der Waals surface area contributed by atoms with Gasteiger partial charge in [0.1, 0.15) is 5.75 Å². The third kappa shape index (κ3) is 10.9. The number of carboxylic acid groups (broad SMARTS) is 2. The van der Waals surface area contributed by atoms with E-state index in [1.54, 1.807) is 7.11 Å². The van der Waals surface area contributed by atoms with Gasteiger partial charge in [-0.05, 0) is 90.4 Å². The third-order valence-corrected chi connectivity index (χ3v) is 5.84. The molecule has 2 aromatic rings. The van der Waals surface area contributed by atoms with Gasteiger partial charge in [0.05, 0.1) is 7.11 Å². The van der Waals surface area contributed by atoms with Gasteiger partial charge in [-0.2, -0.15) is 0 Å². The molecule has 168 valence electrons. The maximum Gasteiger partial charge on any atom is 0.328 e. The van der Waals surface area contributed by atoms with Crippen molar-refractivity contribution >= 4 is 57.7 Å². The maximum absolute atomic E-state index is 9.55. The second kappa shape index (κ2) is 14.3. The Kier molecular flexibility index (Phi) is 12.5. The van der Waals surface area contributed by atoms with Gasteiger partial charge in [0.15, 0.2) is 0 Å². The Labute approximate surface area is 205 Å². The quantitative estimate of drug-likeness (QED) is 0.283. The largest absolute Gasteiger partial charge is 0.497 e. The van der Waals surface area contributed by atoms with Crippen molar-refractivity contribution < 1.29 is 24.5 Å². The number of aliphatic carboxylic acids is 2. The van der Waals surface area contributed by atoms with Crippen LogP contribution in [0.3, 0.4) is 0 Å². The number of methoxy groups -OCH3 is 1. The summed E-state index contributed by atoms with van der Waals surface area (Å²) < 4.78 is 6.56. The molecule has 3 N–H and O–H groups in total. The lowest BCUT2D eigenvalue weighted by atomic mass is 10.1. The van der Waals surface area contributed by atoms with Crippen LogP contribution in [0.15, 0.2) is 48.6 Å². The van der Waals surface area contributed by atoms with Gasteiger partial charge >= 0.3 is 11.9 Å². The SMILES string of the molecule is COc1ccc(I)c(CC(C)NCCc2c(Cl)cccc2Cl)c1.O=C(O)/C=C/C(=O)O. The molecule has 0 heterocycles. The molecule has 31 heavy (non-hydrogen) atoms. The third-order valence-electron chi connectivity index (χ3n) is 4.08. The highest BCUT2D eigenvalue weighted by Gasteiger charge is 2.09. The minimum atomic E-state index is -1.26. The van der Waals surface area contributed by atoms with Crippen LogP contribution in [0, 0.1) is 3.57 Å². The molecular weight excluding hydrogens is 556 g/mol. The zero-order valence-electron chi connectivity index (χ0n) is 17.1. The lowest BCUT2D eigenvalue weighted by Gasteiger charge is -2.16. The molecule has 0 aliphatic carbocycles. The van der Waals surface area contributed by atoms with E-state index in [4.69, 9.17) is 38.2 Å². The predicted octanol–water partition coefficient (Wildman–Crippen LogP) is 5.08. The fourth-order valence-corrected chi connectivity index (χ4v) is 3.74. The molecule has 1 atom stereocenters. The Morgan fingerprint density at radius 3 is 2.23 bits per heavy atom. The van der Waals surface area contributed by atoms with E-state index in [2.05, 4.69) is 47.0 Å². The minimum absolute atomic E-state index is 0.358. The van der Waals surface area contributed by atoms with Crippen LogP contribution < -0.4 is 10.1 Å². The van der Waals surface area contributed by atoms with E-state index in [-0.39, 0.29) is 0 Å². The van der Waals surface area contributed by atoms with Gasteiger partial charge in [-0.3, -0.25) is 0 Å². The van der Waals surface area contributed by atoms with Gasteiger partial charge in [0.25, 0.3) is 0 Å². The van der Waals surface area contributed by atoms with Crippen molar-refractivity contribution in [3.63, 3.8) is 0 Å². The Balaban J connectivity index is 0.000000512. The van der Waals surface area contributed by atoms with E-state index in [9.17, 15) is 9.59 Å². The number of carboxylic acids is 2. The van der Waals surface area contributed by atoms with Crippen molar-refractivity contribution in [2.45, 2.75) is 25.8 Å². The molecule has 1 unspecified atom stereocenters. The van der Waals surface area contributed by atoms with Crippen LogP contribution >= 0.6 is 45.8 Å². The summed E-state index contributed by atoms with van der Waals surface area (Å²) in [7, 11) is 1.70. The molecule has 0 aliphatic rings. The van der Waals surface area contributed by atoms with Crippen LogP contribution in [-0.2, 0) is 22.4 Å². The molecule has 0 aliphatic heterocycles. The van der Waals surface area contributed by atoms with Crippen molar-refractivity contribution in [2.24, 2.45) is 0 Å². The first-order valence-corrected chi connectivity index (χ1v) is 11.1. The standard InChI is InChI=1S/C18H20Cl2INO.C4H4O4/c1-12(10-13-11-14(23-2)6-7-18(13)21)22-9-8-15-16(19)4-3-5-17(15)20;5-3(6)1-2-4(7)8/h3-7,11-12,22H,8-10H2,1-2H3;1-2H,(H,5,6)(H,7,8)/b;2-1+. The lowest BCUT2D eigenvalue weighted by Crippen LogP contribution is -2.30. The molecule has 9 heteroatoms. The molecule has 2 aromatic carbocycles.